The Morgan fingerprint density at radius 1 is 1.19 bits per heavy atom. The van der Waals surface area contributed by atoms with Gasteiger partial charge in [0.2, 0.25) is 0 Å². The topological polar surface area (TPSA) is 101 Å². The second-order valence-corrected chi connectivity index (χ2v) is 10.5. The minimum absolute atomic E-state index is 0.00351. The summed E-state index contributed by atoms with van der Waals surface area (Å²) < 4.78 is 36.3. The van der Waals surface area contributed by atoms with Gasteiger partial charge in [-0.3, -0.25) is 9.35 Å². The number of hydrogen-bond donors (Lipinski definition) is 2. The molecule has 0 aromatic carbocycles. The van der Waals surface area contributed by atoms with Gasteiger partial charge in [0.1, 0.15) is 5.76 Å². The Balaban J connectivity index is 1.63. The summed E-state index contributed by atoms with van der Waals surface area (Å²) in [5, 5.41) is 10.7. The second kappa shape index (κ2) is 5.79. The van der Waals surface area contributed by atoms with E-state index >= 15 is 0 Å². The lowest BCUT2D eigenvalue weighted by Crippen LogP contribution is -2.53. The molecule has 4 aliphatic rings. The van der Waals surface area contributed by atoms with E-state index in [1.54, 1.807) is 0 Å². The van der Waals surface area contributed by atoms with Crippen LogP contribution >= 0.6 is 0 Å². The van der Waals surface area contributed by atoms with Crippen molar-refractivity contribution in [3.8, 4) is 0 Å². The van der Waals surface area contributed by atoms with E-state index in [4.69, 9.17) is 8.74 Å². The predicted octanol–water partition coefficient (Wildman–Crippen LogP) is 3.45. The third-order valence-corrected chi connectivity index (χ3v) is 8.70. The van der Waals surface area contributed by atoms with E-state index in [9.17, 15) is 18.3 Å². The van der Waals surface area contributed by atoms with Crippen LogP contribution in [0.1, 0.15) is 58.8 Å². The van der Waals surface area contributed by atoms with Crippen LogP contribution in [0.5, 0.6) is 0 Å². The van der Waals surface area contributed by atoms with Crippen LogP contribution in [-0.2, 0) is 19.4 Å². The summed E-state index contributed by atoms with van der Waals surface area (Å²) in [6, 6.07) is 0. The average molecular weight is 384 g/mol. The molecule has 0 spiro atoms. The van der Waals surface area contributed by atoms with Gasteiger partial charge < -0.3 is 5.11 Å². The summed E-state index contributed by atoms with van der Waals surface area (Å²) in [4.78, 5) is 11.9. The van der Waals surface area contributed by atoms with Gasteiger partial charge in [-0.1, -0.05) is 13.8 Å². The molecule has 0 aromatic rings. The predicted molar refractivity (Wildman–Crippen MR) is 94.6 cm³/mol. The fourth-order valence-corrected chi connectivity index (χ4v) is 7.48. The maximum atomic E-state index is 11.9. The van der Waals surface area contributed by atoms with E-state index in [0.717, 1.165) is 25.7 Å². The van der Waals surface area contributed by atoms with Gasteiger partial charge in [-0.25, -0.2) is 4.18 Å². The molecule has 4 rings (SSSR count). The average Bonchev–Trinajstić information content (AvgIpc) is 2.82. The maximum absolute atomic E-state index is 11.9. The fraction of sp³-hybridized carbons (Fsp3) is 0.842. The Morgan fingerprint density at radius 3 is 2.62 bits per heavy atom. The van der Waals surface area contributed by atoms with Crippen molar-refractivity contribution < 1.29 is 27.1 Å². The van der Waals surface area contributed by atoms with Crippen molar-refractivity contribution in [3.05, 3.63) is 11.8 Å². The quantitative estimate of drug-likeness (QED) is 0.707. The molecule has 0 radical (unpaired) electrons. The summed E-state index contributed by atoms with van der Waals surface area (Å²) >= 11 is 0. The first-order valence-electron chi connectivity index (χ1n) is 9.62. The third-order valence-electron chi connectivity index (χ3n) is 8.19. The van der Waals surface area contributed by atoms with Crippen molar-refractivity contribution in [2.75, 3.05) is 0 Å². The van der Waals surface area contributed by atoms with Gasteiger partial charge in [0.05, 0.1) is 6.10 Å². The van der Waals surface area contributed by atoms with Crippen LogP contribution in [0.15, 0.2) is 11.8 Å². The zero-order chi connectivity index (χ0) is 18.9. The Hall–Kier alpha value is -0.920. The number of rotatable bonds is 2. The Morgan fingerprint density at radius 2 is 1.92 bits per heavy atom. The van der Waals surface area contributed by atoms with Gasteiger partial charge in [-0.15, -0.1) is 0 Å². The Bertz CT molecular complexity index is 758. The Kier molecular flexibility index (Phi) is 4.11. The van der Waals surface area contributed by atoms with Gasteiger partial charge in [-0.2, -0.15) is 8.42 Å². The summed E-state index contributed by atoms with van der Waals surface area (Å²) in [5.41, 5.74) is -0.357. The molecule has 0 aromatic heterocycles. The van der Waals surface area contributed by atoms with Crippen LogP contribution in [0.2, 0.25) is 0 Å². The summed E-state index contributed by atoms with van der Waals surface area (Å²) in [6.45, 7) is 4.31. The Labute approximate surface area is 155 Å². The van der Waals surface area contributed by atoms with E-state index in [0.29, 0.717) is 37.0 Å². The van der Waals surface area contributed by atoms with E-state index in [1.807, 2.05) is 0 Å². The highest BCUT2D eigenvalue weighted by Gasteiger charge is 2.61. The van der Waals surface area contributed by atoms with Crippen molar-refractivity contribution in [2.24, 2.45) is 34.5 Å². The van der Waals surface area contributed by atoms with Gasteiger partial charge in [-0.05, 0) is 67.6 Å². The number of carbonyl (C=O) groups is 1. The molecule has 3 saturated carbocycles. The number of fused-ring (bicyclic) bond motifs is 5. The van der Waals surface area contributed by atoms with Crippen molar-refractivity contribution >= 4 is 16.2 Å². The molecule has 2 N–H and O–H groups in total. The van der Waals surface area contributed by atoms with Crippen LogP contribution in [0, 0.1) is 34.5 Å². The molecule has 3 fully saturated rings. The van der Waals surface area contributed by atoms with Gasteiger partial charge in [0.25, 0.3) is 0 Å². The first-order valence-corrected chi connectivity index (χ1v) is 11.0. The van der Waals surface area contributed by atoms with Crippen LogP contribution < -0.4 is 0 Å². The first kappa shape index (κ1) is 18.4. The molecule has 0 aliphatic heterocycles. The maximum Gasteiger partial charge on any atom is 0.397 e. The van der Waals surface area contributed by atoms with Crippen molar-refractivity contribution in [2.45, 2.75) is 64.9 Å². The molecule has 6 nitrogen and oxygen atoms in total. The molecule has 0 bridgehead atoms. The van der Waals surface area contributed by atoms with E-state index in [1.165, 1.54) is 6.08 Å². The van der Waals surface area contributed by atoms with Gasteiger partial charge >= 0.3 is 10.4 Å². The number of allylic oxidation sites excluding steroid dienone is 2. The number of hydrogen-bond acceptors (Lipinski definition) is 5. The molecule has 7 atom stereocenters. The zero-order valence-corrected chi connectivity index (χ0v) is 16.2. The van der Waals surface area contributed by atoms with Crippen LogP contribution in [-0.4, -0.2) is 30.0 Å². The van der Waals surface area contributed by atoms with E-state index in [-0.39, 0.29) is 28.3 Å². The normalized spacial score (nSPS) is 48.3. The summed E-state index contributed by atoms with van der Waals surface area (Å²) in [6.07, 6.45) is 6.57. The lowest BCUT2D eigenvalue weighted by atomic mass is 9.46. The number of ketones is 1. The van der Waals surface area contributed by atoms with Gasteiger partial charge in [0.15, 0.2) is 5.78 Å². The molecular weight excluding hydrogens is 356 g/mol. The molecule has 0 saturated heterocycles. The van der Waals surface area contributed by atoms with Crippen molar-refractivity contribution in [3.63, 3.8) is 0 Å². The molecule has 146 valence electrons. The second-order valence-electron chi connectivity index (χ2n) is 9.41. The minimum Gasteiger partial charge on any atom is -0.512 e. The molecule has 7 unspecified atom stereocenters. The third kappa shape index (κ3) is 2.74. The number of aliphatic hydroxyl groups is 1. The molecule has 7 heteroatoms. The summed E-state index contributed by atoms with van der Waals surface area (Å²) in [5.74, 6) is 1.45. The van der Waals surface area contributed by atoms with E-state index < -0.39 is 16.5 Å². The van der Waals surface area contributed by atoms with Crippen LogP contribution in [0.25, 0.3) is 0 Å². The highest BCUT2D eigenvalue weighted by Crippen LogP contribution is 2.66. The minimum atomic E-state index is -4.44. The lowest BCUT2D eigenvalue weighted by Gasteiger charge is -2.58. The standard InChI is InChI=1S/C19H28O6S/c1-18-6-5-15-14(16(18)9-13(10-18)25-26(22,23)24)4-3-11-7-12(20)8-17(21)19(11,15)2/h8,11,13-16,21H,3-7,9-10H2,1-2H3,(H,22,23,24). The molecule has 26 heavy (non-hydrogen) atoms. The van der Waals surface area contributed by atoms with Crippen molar-refractivity contribution in [1.29, 1.82) is 0 Å². The van der Waals surface area contributed by atoms with E-state index in [2.05, 4.69) is 13.8 Å². The first-order chi connectivity index (χ1) is 12.0. The van der Waals surface area contributed by atoms with Gasteiger partial charge in [0, 0.05) is 17.9 Å². The van der Waals surface area contributed by atoms with Crippen LogP contribution in [0.3, 0.4) is 0 Å². The molecule has 0 amide bonds. The fourth-order valence-electron chi connectivity index (χ4n) is 6.99. The smallest absolute Gasteiger partial charge is 0.397 e. The monoisotopic (exact) mass is 384 g/mol. The molecular formula is C19H28O6S. The molecule has 0 heterocycles. The number of carbonyl (C=O) groups excluding carboxylic acids is 1. The lowest BCUT2D eigenvalue weighted by molar-refractivity contribution is -0.126. The van der Waals surface area contributed by atoms with Crippen LogP contribution in [0.4, 0.5) is 0 Å². The number of aliphatic hydroxyl groups excluding tert-OH is 1. The molecule has 4 aliphatic carbocycles. The summed E-state index contributed by atoms with van der Waals surface area (Å²) in [7, 11) is -4.44. The highest BCUT2D eigenvalue weighted by molar-refractivity contribution is 7.80. The SMILES string of the molecule is CC12CCC3C(CCC4CC(=O)C=C(O)C43C)C1CC(OS(=O)(=O)O)C2. The highest BCUT2D eigenvalue weighted by atomic mass is 32.3. The zero-order valence-electron chi connectivity index (χ0n) is 15.3. The van der Waals surface area contributed by atoms with Crippen molar-refractivity contribution in [1.82, 2.24) is 0 Å². The largest absolute Gasteiger partial charge is 0.512 e.